The lowest BCUT2D eigenvalue weighted by molar-refractivity contribution is -0.123. The van der Waals surface area contributed by atoms with Crippen molar-refractivity contribution in [1.82, 2.24) is 0 Å². The number of hydrogen-bond donors (Lipinski definition) is 0. The highest BCUT2D eigenvalue weighted by molar-refractivity contribution is 5.90. The second kappa shape index (κ2) is 3.58. The van der Waals surface area contributed by atoms with Gasteiger partial charge in [0.15, 0.2) is 0 Å². The average Bonchev–Trinajstić information content (AvgIpc) is 3.16. The topological polar surface area (TPSA) is 17.1 Å². The zero-order chi connectivity index (χ0) is 14.6. The van der Waals surface area contributed by atoms with E-state index in [4.69, 9.17) is 0 Å². The fourth-order valence-electron chi connectivity index (χ4n) is 7.10. The van der Waals surface area contributed by atoms with Crippen LogP contribution in [0.25, 0.3) is 0 Å². The summed E-state index contributed by atoms with van der Waals surface area (Å²) in [7, 11) is 0. The van der Waals surface area contributed by atoms with Crippen molar-refractivity contribution in [2.75, 3.05) is 0 Å². The molecule has 1 heteroatoms. The van der Waals surface area contributed by atoms with Crippen molar-refractivity contribution < 1.29 is 4.79 Å². The van der Waals surface area contributed by atoms with Crippen LogP contribution in [0.4, 0.5) is 0 Å². The highest BCUT2D eigenvalue weighted by Gasteiger charge is 2.61. The van der Waals surface area contributed by atoms with Gasteiger partial charge in [0.2, 0.25) is 0 Å². The molecular weight excluding hydrogens is 268 g/mol. The van der Waals surface area contributed by atoms with Crippen LogP contribution < -0.4 is 0 Å². The third-order valence-electron chi connectivity index (χ3n) is 7.72. The zero-order valence-electron chi connectivity index (χ0n) is 13.2. The molecule has 5 unspecified atom stereocenters. The molecule has 1 aromatic rings. The molecule has 9 bridgehead atoms. The summed E-state index contributed by atoms with van der Waals surface area (Å²) in [5.41, 5.74) is 8.20. The second-order valence-electron chi connectivity index (χ2n) is 8.55. The molecular formula is C21H22O. The minimum absolute atomic E-state index is 0.187. The number of rotatable bonds is 0. The molecule has 0 aliphatic heterocycles. The molecule has 0 amide bonds. The van der Waals surface area contributed by atoms with Crippen molar-refractivity contribution in [1.29, 1.82) is 0 Å². The molecule has 22 heavy (non-hydrogen) atoms. The number of hydrogen-bond acceptors (Lipinski definition) is 1. The van der Waals surface area contributed by atoms with Crippen LogP contribution in [-0.4, -0.2) is 5.78 Å². The summed E-state index contributed by atoms with van der Waals surface area (Å²) in [4.78, 5) is 13.0. The van der Waals surface area contributed by atoms with Crippen LogP contribution in [0.15, 0.2) is 29.3 Å². The van der Waals surface area contributed by atoms with Gasteiger partial charge in [-0.25, -0.2) is 0 Å². The number of fused-ring (bicyclic) bond motifs is 2. The van der Waals surface area contributed by atoms with Crippen LogP contribution in [0.1, 0.15) is 67.6 Å². The maximum Gasteiger partial charge on any atom is 0.141 e. The average molecular weight is 290 g/mol. The highest BCUT2D eigenvalue weighted by Crippen LogP contribution is 2.71. The first kappa shape index (κ1) is 12.1. The number of aryl methyl sites for hydroxylation is 1. The number of Topliss-reactive ketones (excluding diaryl/α,β-unsaturated/α-hetero) is 1. The number of allylic oxidation sites excluding steroid dienone is 2. The summed E-state index contributed by atoms with van der Waals surface area (Å²) in [6.45, 7) is 2.44. The molecule has 1 fully saturated rings. The third kappa shape index (κ3) is 1.13. The Morgan fingerprint density at radius 2 is 2.14 bits per heavy atom. The lowest BCUT2D eigenvalue weighted by Crippen LogP contribution is -2.36. The molecule has 1 saturated carbocycles. The Hall–Kier alpha value is -1.37. The van der Waals surface area contributed by atoms with E-state index in [1.54, 1.807) is 16.7 Å². The lowest BCUT2D eigenvalue weighted by atomic mass is 9.61. The Bertz CT molecular complexity index is 770. The zero-order valence-corrected chi connectivity index (χ0v) is 13.2. The summed E-state index contributed by atoms with van der Waals surface area (Å²) in [6.07, 6.45) is 6.90. The molecule has 5 atom stereocenters. The Kier molecular flexibility index (Phi) is 1.97. The molecule has 6 aliphatic carbocycles. The summed E-state index contributed by atoms with van der Waals surface area (Å²) < 4.78 is 0. The SMILES string of the molecule is CC1CC2=C3C4CCC2(C4)C2C(=O)CCc4cc(ccc42)C31. The summed E-state index contributed by atoms with van der Waals surface area (Å²) in [6, 6.07) is 7.17. The predicted molar refractivity (Wildman–Crippen MR) is 85.8 cm³/mol. The van der Waals surface area contributed by atoms with Crippen molar-refractivity contribution in [3.8, 4) is 0 Å². The first-order valence-electron chi connectivity index (χ1n) is 9.08. The number of carbonyl (C=O) groups is 1. The van der Waals surface area contributed by atoms with E-state index in [1.165, 1.54) is 36.8 Å². The van der Waals surface area contributed by atoms with Gasteiger partial charge in [-0.1, -0.05) is 36.3 Å². The fourth-order valence-corrected chi connectivity index (χ4v) is 7.10. The molecule has 1 spiro atoms. The monoisotopic (exact) mass is 290 g/mol. The van der Waals surface area contributed by atoms with Gasteiger partial charge in [-0.15, -0.1) is 0 Å². The van der Waals surface area contributed by atoms with E-state index in [9.17, 15) is 4.79 Å². The van der Waals surface area contributed by atoms with Crippen molar-refractivity contribution in [3.05, 3.63) is 46.0 Å². The van der Waals surface area contributed by atoms with Gasteiger partial charge in [0.05, 0.1) is 5.92 Å². The van der Waals surface area contributed by atoms with E-state index in [0.29, 0.717) is 11.7 Å². The highest BCUT2D eigenvalue weighted by atomic mass is 16.1. The standard InChI is InChI=1S/C21H22O/c1-11-8-16-19-14-6-7-21(16,10-14)20-15-4-2-13(18(11)19)9-12(15)3-5-17(20)22/h2,4,9,11,14,18,20H,3,5-8,10H2,1H3. The molecule has 0 aromatic heterocycles. The number of benzene rings is 1. The molecule has 0 radical (unpaired) electrons. The van der Waals surface area contributed by atoms with Crippen LogP contribution in [0.5, 0.6) is 0 Å². The molecule has 1 nitrogen and oxygen atoms in total. The van der Waals surface area contributed by atoms with E-state index < -0.39 is 0 Å². The van der Waals surface area contributed by atoms with E-state index in [2.05, 4.69) is 25.1 Å². The van der Waals surface area contributed by atoms with Gasteiger partial charge in [0, 0.05) is 17.8 Å². The summed E-state index contributed by atoms with van der Waals surface area (Å²) >= 11 is 0. The van der Waals surface area contributed by atoms with Gasteiger partial charge in [-0.05, 0) is 60.6 Å². The molecule has 1 aromatic carbocycles. The van der Waals surface area contributed by atoms with Gasteiger partial charge in [-0.3, -0.25) is 4.79 Å². The van der Waals surface area contributed by atoms with E-state index in [0.717, 1.165) is 24.7 Å². The summed E-state index contributed by atoms with van der Waals surface area (Å²) in [5.74, 6) is 2.90. The van der Waals surface area contributed by atoms with E-state index >= 15 is 0 Å². The van der Waals surface area contributed by atoms with E-state index in [-0.39, 0.29) is 11.3 Å². The number of carbonyl (C=O) groups excluding carboxylic acids is 1. The molecule has 112 valence electrons. The first-order valence-corrected chi connectivity index (χ1v) is 9.08. The van der Waals surface area contributed by atoms with Gasteiger partial charge in [0.25, 0.3) is 0 Å². The van der Waals surface area contributed by atoms with Crippen molar-refractivity contribution >= 4 is 5.78 Å². The normalized spacial score (nSPS) is 43.6. The van der Waals surface area contributed by atoms with Crippen LogP contribution in [0.2, 0.25) is 0 Å². The van der Waals surface area contributed by atoms with Crippen LogP contribution in [0.3, 0.4) is 0 Å². The second-order valence-corrected chi connectivity index (χ2v) is 8.55. The molecule has 0 heterocycles. The van der Waals surface area contributed by atoms with Gasteiger partial charge < -0.3 is 0 Å². The fraction of sp³-hybridized carbons (Fsp3) is 0.571. The van der Waals surface area contributed by atoms with Crippen LogP contribution >= 0.6 is 0 Å². The van der Waals surface area contributed by atoms with E-state index in [1.807, 2.05) is 0 Å². The Morgan fingerprint density at radius 1 is 1.23 bits per heavy atom. The molecule has 6 aliphatic rings. The minimum Gasteiger partial charge on any atom is -0.299 e. The van der Waals surface area contributed by atoms with Crippen molar-refractivity contribution in [2.24, 2.45) is 17.3 Å². The quantitative estimate of drug-likeness (QED) is 0.642. The predicted octanol–water partition coefficient (Wildman–Crippen LogP) is 4.52. The van der Waals surface area contributed by atoms with Gasteiger partial charge in [-0.2, -0.15) is 0 Å². The largest absolute Gasteiger partial charge is 0.299 e. The smallest absolute Gasteiger partial charge is 0.141 e. The van der Waals surface area contributed by atoms with Gasteiger partial charge in [0.1, 0.15) is 5.78 Å². The van der Waals surface area contributed by atoms with Gasteiger partial charge >= 0.3 is 0 Å². The van der Waals surface area contributed by atoms with Crippen LogP contribution in [0, 0.1) is 17.3 Å². The first-order chi connectivity index (χ1) is 10.7. The lowest BCUT2D eigenvalue weighted by Gasteiger charge is -2.41. The van der Waals surface area contributed by atoms with Crippen molar-refractivity contribution in [3.63, 3.8) is 0 Å². The van der Waals surface area contributed by atoms with Crippen LogP contribution in [-0.2, 0) is 11.2 Å². The number of ketones is 1. The minimum atomic E-state index is 0.187. The van der Waals surface area contributed by atoms with Crippen molar-refractivity contribution in [2.45, 2.75) is 57.3 Å². The third-order valence-corrected chi connectivity index (χ3v) is 7.72. The molecule has 7 rings (SSSR count). The maximum atomic E-state index is 13.0. The Labute approximate surface area is 131 Å². The Morgan fingerprint density at radius 3 is 3.05 bits per heavy atom. The molecule has 0 saturated heterocycles. The molecule has 0 N–H and O–H groups in total. The maximum absolute atomic E-state index is 13.0. The summed E-state index contributed by atoms with van der Waals surface area (Å²) in [5, 5.41) is 0. The Balaban J connectivity index is 1.74.